The van der Waals surface area contributed by atoms with Crippen molar-refractivity contribution in [2.75, 3.05) is 46.3 Å². The predicted molar refractivity (Wildman–Crippen MR) is 75.1 cm³/mol. The normalized spacial score (nSPS) is 17.1. The fraction of sp³-hybridized carbons (Fsp3) is 0.571. The van der Waals surface area contributed by atoms with E-state index in [1.165, 1.54) is 12.3 Å². The molecule has 2 heterocycles. The number of nitrogens with one attached hydrogen (secondary N) is 1. The Labute approximate surface area is 118 Å². The molecule has 1 aromatic rings. The van der Waals surface area contributed by atoms with Gasteiger partial charge in [-0.1, -0.05) is 0 Å². The number of pyridine rings is 1. The Bertz CT molecular complexity index is 447. The van der Waals surface area contributed by atoms with Crippen molar-refractivity contribution >= 4 is 5.91 Å². The summed E-state index contributed by atoms with van der Waals surface area (Å²) in [6, 6.07) is 2.66. The summed E-state index contributed by atoms with van der Waals surface area (Å²) in [4.78, 5) is 19.9. The molecule has 0 unspecified atom stereocenters. The van der Waals surface area contributed by atoms with Gasteiger partial charge in [0.15, 0.2) is 0 Å². The lowest BCUT2D eigenvalue weighted by Gasteiger charge is -2.32. The minimum Gasteiger partial charge on any atom is -0.352 e. The molecule has 1 fully saturated rings. The standard InChI is InChI=1S/C14H21FN4O/c1-18-7-9-19(10-8-18)6-2-4-17-14(20)12-3-5-16-13(15)11-12/h3,5,11H,2,4,6-10H2,1H3,(H,17,20). The summed E-state index contributed by atoms with van der Waals surface area (Å²) < 4.78 is 12.9. The van der Waals surface area contributed by atoms with Gasteiger partial charge in [0.25, 0.3) is 5.91 Å². The summed E-state index contributed by atoms with van der Waals surface area (Å²) >= 11 is 0. The van der Waals surface area contributed by atoms with Gasteiger partial charge in [0.05, 0.1) is 0 Å². The molecule has 0 saturated carbocycles. The van der Waals surface area contributed by atoms with Crippen LogP contribution in [0.5, 0.6) is 0 Å². The summed E-state index contributed by atoms with van der Waals surface area (Å²) in [5, 5.41) is 2.80. The van der Waals surface area contributed by atoms with Crippen LogP contribution in [-0.2, 0) is 0 Å². The van der Waals surface area contributed by atoms with Gasteiger partial charge in [-0.05, 0) is 26.1 Å². The second kappa shape index (κ2) is 7.31. The van der Waals surface area contributed by atoms with Crippen LogP contribution in [0, 0.1) is 5.95 Å². The fourth-order valence-electron chi connectivity index (χ4n) is 2.22. The van der Waals surface area contributed by atoms with Gasteiger partial charge < -0.3 is 15.1 Å². The molecule has 1 saturated heterocycles. The Balaban J connectivity index is 1.64. The first-order valence-electron chi connectivity index (χ1n) is 6.96. The number of likely N-dealkylation sites (N-methyl/N-ethyl adjacent to an activating group) is 1. The molecule has 5 nitrogen and oxygen atoms in total. The van der Waals surface area contributed by atoms with Crippen molar-refractivity contribution in [2.45, 2.75) is 6.42 Å². The van der Waals surface area contributed by atoms with Crippen molar-refractivity contribution in [2.24, 2.45) is 0 Å². The first-order chi connectivity index (χ1) is 9.65. The third-order valence-corrected chi connectivity index (χ3v) is 3.52. The zero-order valence-electron chi connectivity index (χ0n) is 11.8. The minimum absolute atomic E-state index is 0.246. The molecule has 0 radical (unpaired) electrons. The molecule has 1 amide bonds. The third-order valence-electron chi connectivity index (χ3n) is 3.52. The Morgan fingerprint density at radius 2 is 2.15 bits per heavy atom. The monoisotopic (exact) mass is 280 g/mol. The van der Waals surface area contributed by atoms with Crippen LogP contribution >= 0.6 is 0 Å². The van der Waals surface area contributed by atoms with Gasteiger partial charge >= 0.3 is 0 Å². The molecule has 0 bridgehead atoms. The van der Waals surface area contributed by atoms with E-state index >= 15 is 0 Å². The van der Waals surface area contributed by atoms with Crippen LogP contribution < -0.4 is 5.32 Å². The summed E-state index contributed by atoms with van der Waals surface area (Å²) in [6.45, 7) is 5.96. The highest BCUT2D eigenvalue weighted by atomic mass is 19.1. The van der Waals surface area contributed by atoms with Crippen LogP contribution in [0.1, 0.15) is 16.8 Å². The quantitative estimate of drug-likeness (QED) is 0.633. The van der Waals surface area contributed by atoms with E-state index < -0.39 is 5.95 Å². The molecule has 6 heteroatoms. The van der Waals surface area contributed by atoms with Crippen molar-refractivity contribution in [1.29, 1.82) is 0 Å². The zero-order valence-corrected chi connectivity index (χ0v) is 11.8. The van der Waals surface area contributed by atoms with E-state index in [-0.39, 0.29) is 5.91 Å². The minimum atomic E-state index is -0.630. The number of halogens is 1. The Kier molecular flexibility index (Phi) is 5.43. The lowest BCUT2D eigenvalue weighted by atomic mass is 10.2. The van der Waals surface area contributed by atoms with Crippen LogP contribution in [-0.4, -0.2) is 67.0 Å². The number of nitrogens with zero attached hydrogens (tertiary/aromatic N) is 3. The maximum absolute atomic E-state index is 12.9. The second-order valence-corrected chi connectivity index (χ2v) is 5.12. The van der Waals surface area contributed by atoms with Gasteiger partial charge in [0.1, 0.15) is 0 Å². The molecule has 0 atom stereocenters. The Hall–Kier alpha value is -1.53. The predicted octanol–water partition coefficient (Wildman–Crippen LogP) is 0.588. The van der Waals surface area contributed by atoms with Gasteiger partial charge in [0, 0.05) is 50.6 Å². The molecular weight excluding hydrogens is 259 g/mol. The van der Waals surface area contributed by atoms with Gasteiger partial charge in [-0.25, -0.2) is 4.98 Å². The van der Waals surface area contributed by atoms with E-state index in [0.717, 1.165) is 45.2 Å². The lowest BCUT2D eigenvalue weighted by molar-refractivity contribution is 0.0948. The Morgan fingerprint density at radius 1 is 1.40 bits per heavy atom. The molecule has 2 rings (SSSR count). The Morgan fingerprint density at radius 3 is 2.85 bits per heavy atom. The molecule has 0 spiro atoms. The molecule has 1 N–H and O–H groups in total. The van der Waals surface area contributed by atoms with Gasteiger partial charge in [-0.3, -0.25) is 4.79 Å². The van der Waals surface area contributed by atoms with Crippen molar-refractivity contribution < 1.29 is 9.18 Å². The van der Waals surface area contributed by atoms with Crippen molar-refractivity contribution in [1.82, 2.24) is 20.1 Å². The van der Waals surface area contributed by atoms with Crippen LogP contribution in [0.25, 0.3) is 0 Å². The van der Waals surface area contributed by atoms with E-state index in [2.05, 4.69) is 27.1 Å². The number of amides is 1. The first-order valence-corrected chi connectivity index (χ1v) is 6.96. The van der Waals surface area contributed by atoms with Crippen LogP contribution in [0.15, 0.2) is 18.3 Å². The van der Waals surface area contributed by atoms with E-state index in [9.17, 15) is 9.18 Å². The fourth-order valence-corrected chi connectivity index (χ4v) is 2.22. The largest absolute Gasteiger partial charge is 0.352 e. The molecule has 1 aliphatic rings. The number of hydrogen-bond acceptors (Lipinski definition) is 4. The third kappa shape index (κ3) is 4.54. The molecule has 1 aliphatic heterocycles. The van der Waals surface area contributed by atoms with Gasteiger partial charge in [0.2, 0.25) is 5.95 Å². The second-order valence-electron chi connectivity index (χ2n) is 5.12. The highest BCUT2D eigenvalue weighted by Gasteiger charge is 2.13. The van der Waals surface area contributed by atoms with E-state index in [1.807, 2.05) is 0 Å². The molecule has 110 valence electrons. The highest BCUT2D eigenvalue weighted by molar-refractivity contribution is 5.93. The molecule has 1 aromatic heterocycles. The van der Waals surface area contributed by atoms with Crippen molar-refractivity contribution in [3.8, 4) is 0 Å². The zero-order chi connectivity index (χ0) is 14.4. The average molecular weight is 280 g/mol. The lowest BCUT2D eigenvalue weighted by Crippen LogP contribution is -2.45. The van der Waals surface area contributed by atoms with Crippen LogP contribution in [0.4, 0.5) is 4.39 Å². The number of carbonyl (C=O) groups is 1. The SMILES string of the molecule is CN1CCN(CCCNC(=O)c2ccnc(F)c2)CC1. The molecular formula is C14H21FN4O. The van der Waals surface area contributed by atoms with Crippen LogP contribution in [0.2, 0.25) is 0 Å². The summed E-state index contributed by atoms with van der Waals surface area (Å²) in [5.41, 5.74) is 0.317. The summed E-state index contributed by atoms with van der Waals surface area (Å²) in [7, 11) is 2.13. The number of piperazine rings is 1. The topological polar surface area (TPSA) is 48.5 Å². The molecule has 20 heavy (non-hydrogen) atoms. The first kappa shape index (κ1) is 14.9. The van der Waals surface area contributed by atoms with Crippen LogP contribution in [0.3, 0.4) is 0 Å². The molecule has 0 aliphatic carbocycles. The average Bonchev–Trinajstić information content (AvgIpc) is 2.45. The van der Waals surface area contributed by atoms with Gasteiger partial charge in [-0.2, -0.15) is 4.39 Å². The maximum Gasteiger partial charge on any atom is 0.251 e. The number of aromatic nitrogens is 1. The van der Waals surface area contributed by atoms with Crippen molar-refractivity contribution in [3.63, 3.8) is 0 Å². The highest BCUT2D eigenvalue weighted by Crippen LogP contribution is 2.01. The molecule has 0 aromatic carbocycles. The maximum atomic E-state index is 12.9. The summed E-state index contributed by atoms with van der Waals surface area (Å²) in [5.74, 6) is -0.875. The van der Waals surface area contributed by atoms with E-state index in [4.69, 9.17) is 0 Å². The number of hydrogen-bond donors (Lipinski definition) is 1. The number of carbonyl (C=O) groups excluding carboxylic acids is 1. The van der Waals surface area contributed by atoms with E-state index in [0.29, 0.717) is 12.1 Å². The smallest absolute Gasteiger partial charge is 0.251 e. The van der Waals surface area contributed by atoms with E-state index in [1.54, 1.807) is 0 Å². The summed E-state index contributed by atoms with van der Waals surface area (Å²) in [6.07, 6.45) is 2.21. The van der Waals surface area contributed by atoms with Crippen molar-refractivity contribution in [3.05, 3.63) is 29.8 Å². The number of rotatable bonds is 5. The van der Waals surface area contributed by atoms with Gasteiger partial charge in [-0.15, -0.1) is 0 Å².